The fourth-order valence-electron chi connectivity index (χ4n) is 2.25. The van der Waals surface area contributed by atoms with E-state index in [9.17, 15) is 9.59 Å². The van der Waals surface area contributed by atoms with Crippen LogP contribution in [0.25, 0.3) is 0 Å². The molecule has 0 heterocycles. The molecule has 0 aliphatic carbocycles. The van der Waals surface area contributed by atoms with Crippen molar-refractivity contribution in [1.82, 2.24) is 0 Å². The fraction of sp³-hybridized carbons (Fsp3) is 0.882. The zero-order valence-corrected chi connectivity index (χ0v) is 14.9. The molecule has 6 heteroatoms. The van der Waals surface area contributed by atoms with E-state index in [1.165, 1.54) is 51.4 Å². The van der Waals surface area contributed by atoms with Crippen molar-refractivity contribution in [3.63, 3.8) is 0 Å². The molecular weight excluding hydrogens is 321 g/mol. The van der Waals surface area contributed by atoms with Gasteiger partial charge in [-0.05, 0) is 6.42 Å². The van der Waals surface area contributed by atoms with Crippen molar-refractivity contribution in [2.24, 2.45) is 5.73 Å². The quantitative estimate of drug-likeness (QED) is 0.165. The van der Waals surface area contributed by atoms with Gasteiger partial charge in [-0.25, -0.2) is 4.79 Å². The Kier molecular flexibility index (Phi) is 21.0. The first-order valence-electron chi connectivity index (χ1n) is 8.72. The molecule has 23 heavy (non-hydrogen) atoms. The number of rotatable bonds is 14. The van der Waals surface area contributed by atoms with Crippen LogP contribution in [0.1, 0.15) is 84.0 Å². The second kappa shape index (κ2) is 18.8. The molecule has 0 spiro atoms. The van der Waals surface area contributed by atoms with Crippen molar-refractivity contribution < 1.29 is 14.3 Å². The summed E-state index contributed by atoms with van der Waals surface area (Å²) in [6.45, 7) is 2.24. The Bertz CT molecular complexity index is 304. The van der Waals surface area contributed by atoms with Gasteiger partial charge in [0.05, 0.1) is 0 Å². The Morgan fingerprint density at radius 2 is 1.35 bits per heavy atom. The first-order valence-corrected chi connectivity index (χ1v) is 9.36. The predicted octanol–water partition coefficient (Wildman–Crippen LogP) is 3.37. The summed E-state index contributed by atoms with van der Waals surface area (Å²) in [6.07, 6.45) is 13.8. The molecule has 1 unspecified atom stereocenters. The fourth-order valence-corrected chi connectivity index (χ4v) is 2.40. The van der Waals surface area contributed by atoms with Gasteiger partial charge in [0.25, 0.3) is 0 Å². The van der Waals surface area contributed by atoms with Crippen molar-refractivity contribution in [3.05, 3.63) is 0 Å². The number of hydrogen-bond donors (Lipinski definition) is 2. The summed E-state index contributed by atoms with van der Waals surface area (Å²) in [5.74, 6) is -0.967. The zero-order valence-electron chi connectivity index (χ0n) is 14.0. The second-order valence-electron chi connectivity index (χ2n) is 5.87. The summed E-state index contributed by atoms with van der Waals surface area (Å²) in [5.41, 5.74) is 5.42. The summed E-state index contributed by atoms with van der Waals surface area (Å²) in [6, 6.07) is -0.815. The van der Waals surface area contributed by atoms with E-state index >= 15 is 0 Å². The van der Waals surface area contributed by atoms with Gasteiger partial charge in [0.15, 0.2) is 0 Å². The molecule has 0 saturated carbocycles. The van der Waals surface area contributed by atoms with Crippen molar-refractivity contribution >= 4 is 54.1 Å². The number of hydrogen-bond acceptors (Lipinski definition) is 5. The van der Waals surface area contributed by atoms with Crippen LogP contribution in [0.5, 0.6) is 0 Å². The number of carbonyl (C=O) groups excluding carboxylic acids is 2. The summed E-state index contributed by atoms with van der Waals surface area (Å²) >= 11 is 3.89. The molecule has 0 rings (SSSR count). The maximum absolute atomic E-state index is 11.4. The Morgan fingerprint density at radius 3 is 1.78 bits per heavy atom. The van der Waals surface area contributed by atoms with Crippen LogP contribution < -0.4 is 5.73 Å². The van der Waals surface area contributed by atoms with Crippen LogP contribution in [0.2, 0.25) is 0 Å². The molecule has 0 fully saturated rings. The molecule has 4 nitrogen and oxygen atoms in total. The summed E-state index contributed by atoms with van der Waals surface area (Å²) < 4.78 is 4.64. The number of carbonyl (C=O) groups is 2. The number of unbranched alkanes of at least 4 members (excludes halogenated alkanes) is 10. The zero-order chi connectivity index (χ0) is 16.6. The predicted molar refractivity (Wildman–Crippen MR) is 101 cm³/mol. The molecule has 0 bridgehead atoms. The normalized spacial score (nSPS) is 11.6. The Labute approximate surface area is 169 Å². The number of esters is 2. The first-order chi connectivity index (χ1) is 10.6. The third kappa shape index (κ3) is 17.1. The average molecular weight is 356 g/mol. The van der Waals surface area contributed by atoms with E-state index in [1.807, 2.05) is 0 Å². The second-order valence-corrected chi connectivity index (χ2v) is 6.23. The van der Waals surface area contributed by atoms with Gasteiger partial charge < -0.3 is 10.5 Å². The molecule has 0 radical (unpaired) electrons. The topological polar surface area (TPSA) is 69.4 Å². The SMILES string of the molecule is CCCCCCCCCCCCCC(=O)OC(=O)C(N)CS.[NaH]. The van der Waals surface area contributed by atoms with Crippen molar-refractivity contribution in [3.8, 4) is 0 Å². The Balaban J connectivity index is 0. The van der Waals surface area contributed by atoms with Crippen LogP contribution in [0.4, 0.5) is 0 Å². The van der Waals surface area contributed by atoms with E-state index < -0.39 is 18.0 Å². The van der Waals surface area contributed by atoms with Crippen molar-refractivity contribution in [1.29, 1.82) is 0 Å². The van der Waals surface area contributed by atoms with E-state index in [0.717, 1.165) is 19.3 Å². The van der Waals surface area contributed by atoms with E-state index in [4.69, 9.17) is 5.73 Å². The van der Waals surface area contributed by atoms with Gasteiger partial charge in [0, 0.05) is 12.2 Å². The monoisotopic (exact) mass is 355 g/mol. The van der Waals surface area contributed by atoms with Gasteiger partial charge in [-0.3, -0.25) is 4.79 Å². The van der Waals surface area contributed by atoms with Crippen LogP contribution in [-0.4, -0.2) is 53.3 Å². The van der Waals surface area contributed by atoms with Gasteiger partial charge in [-0.15, -0.1) is 0 Å². The van der Waals surface area contributed by atoms with Gasteiger partial charge in [0.2, 0.25) is 0 Å². The molecule has 2 N–H and O–H groups in total. The molecule has 132 valence electrons. The molecule has 1 atom stereocenters. The third-order valence-corrected chi connectivity index (χ3v) is 4.09. The molecule has 0 aliphatic heterocycles. The van der Waals surface area contributed by atoms with Crippen LogP contribution in [0.3, 0.4) is 0 Å². The molecule has 0 saturated heterocycles. The standard InChI is InChI=1S/C17H33NO3S.Na.H/c1-2-3-4-5-6-7-8-9-10-11-12-13-16(19)21-17(20)15(18)14-22;;/h15,22H,2-14,18H2,1H3;;. The maximum atomic E-state index is 11.4. The summed E-state index contributed by atoms with van der Waals surface area (Å²) in [4.78, 5) is 22.7. The van der Waals surface area contributed by atoms with Crippen LogP contribution >= 0.6 is 12.6 Å². The van der Waals surface area contributed by atoms with Gasteiger partial charge in [-0.1, -0.05) is 71.1 Å². The number of thiol groups is 1. The summed E-state index contributed by atoms with van der Waals surface area (Å²) in [5, 5.41) is 0. The Hall–Kier alpha value is 0.450. The molecular formula is C17H34NNaO3S. The average Bonchev–Trinajstić information content (AvgIpc) is 2.51. The number of nitrogens with two attached hydrogens (primary N) is 1. The minimum absolute atomic E-state index is 0. The molecule has 0 aromatic heterocycles. The van der Waals surface area contributed by atoms with E-state index in [1.54, 1.807) is 0 Å². The van der Waals surface area contributed by atoms with E-state index in [-0.39, 0.29) is 35.3 Å². The minimum atomic E-state index is -0.815. The molecule has 0 aliphatic rings. The Morgan fingerprint density at radius 1 is 0.913 bits per heavy atom. The van der Waals surface area contributed by atoms with Crippen LogP contribution in [0, 0.1) is 0 Å². The molecule has 0 aromatic carbocycles. The van der Waals surface area contributed by atoms with Crippen LogP contribution in [-0.2, 0) is 14.3 Å². The third-order valence-electron chi connectivity index (χ3n) is 3.70. The van der Waals surface area contributed by atoms with Gasteiger partial charge >= 0.3 is 41.5 Å². The van der Waals surface area contributed by atoms with E-state index in [2.05, 4.69) is 24.3 Å². The van der Waals surface area contributed by atoms with Gasteiger partial charge in [-0.2, -0.15) is 12.6 Å². The first kappa shape index (κ1) is 25.7. The van der Waals surface area contributed by atoms with Crippen molar-refractivity contribution in [2.45, 2.75) is 90.0 Å². The number of ether oxygens (including phenoxy) is 1. The van der Waals surface area contributed by atoms with Gasteiger partial charge in [0.1, 0.15) is 6.04 Å². The molecule has 0 aromatic rings. The molecule has 0 amide bonds. The van der Waals surface area contributed by atoms with E-state index in [0.29, 0.717) is 6.42 Å². The van der Waals surface area contributed by atoms with Crippen LogP contribution in [0.15, 0.2) is 0 Å². The van der Waals surface area contributed by atoms with Crippen molar-refractivity contribution in [2.75, 3.05) is 5.75 Å². The summed E-state index contributed by atoms with van der Waals surface area (Å²) in [7, 11) is 0.